The number of rotatable bonds is 3. The summed E-state index contributed by atoms with van der Waals surface area (Å²) in [5.74, 6) is 0.884. The molecule has 0 spiro atoms. The van der Waals surface area contributed by atoms with E-state index in [-0.39, 0.29) is 0 Å². The normalized spacial score (nSPS) is 10.1. The Labute approximate surface area is 82.9 Å². The van der Waals surface area contributed by atoms with Crippen molar-refractivity contribution in [3.05, 3.63) is 48.3 Å². The highest BCUT2D eigenvalue weighted by Gasteiger charge is 1.96. The van der Waals surface area contributed by atoms with E-state index in [2.05, 4.69) is 11.2 Å². The number of aromatic nitrogens is 2. The Morgan fingerprint density at radius 3 is 3.00 bits per heavy atom. The van der Waals surface area contributed by atoms with E-state index in [1.165, 1.54) is 5.56 Å². The fourth-order valence-electron chi connectivity index (χ4n) is 1.35. The molecule has 0 aliphatic rings. The maximum absolute atomic E-state index is 5.14. The molecule has 0 saturated heterocycles. The number of hydrogen-bond acceptors (Lipinski definition) is 2. The molecule has 0 unspecified atom stereocenters. The average molecular weight is 188 g/mol. The summed E-state index contributed by atoms with van der Waals surface area (Å²) in [6.45, 7) is 0.782. The fourth-order valence-corrected chi connectivity index (χ4v) is 1.35. The molecular weight excluding hydrogens is 176 g/mol. The molecule has 1 aromatic heterocycles. The third-order valence-electron chi connectivity index (χ3n) is 2.04. The SMILES string of the molecule is COc1cccc(Cn2cccn2)c1. The Bertz CT molecular complexity index is 395. The zero-order valence-electron chi connectivity index (χ0n) is 8.05. The van der Waals surface area contributed by atoms with E-state index >= 15 is 0 Å². The molecule has 0 aliphatic carbocycles. The third kappa shape index (κ3) is 1.93. The van der Waals surface area contributed by atoms with Crippen molar-refractivity contribution >= 4 is 0 Å². The molecule has 72 valence electrons. The van der Waals surface area contributed by atoms with E-state index in [4.69, 9.17) is 4.74 Å². The van der Waals surface area contributed by atoms with Gasteiger partial charge >= 0.3 is 0 Å². The lowest BCUT2D eigenvalue weighted by Gasteiger charge is -2.04. The topological polar surface area (TPSA) is 27.1 Å². The molecule has 0 aliphatic heterocycles. The minimum absolute atomic E-state index is 0.782. The molecule has 1 heterocycles. The molecule has 3 nitrogen and oxygen atoms in total. The fraction of sp³-hybridized carbons (Fsp3) is 0.182. The number of benzene rings is 1. The third-order valence-corrected chi connectivity index (χ3v) is 2.04. The van der Waals surface area contributed by atoms with Crippen molar-refractivity contribution in [1.82, 2.24) is 9.78 Å². The lowest BCUT2D eigenvalue weighted by atomic mass is 10.2. The molecule has 0 amide bonds. The lowest BCUT2D eigenvalue weighted by Crippen LogP contribution is -1.99. The average Bonchev–Trinajstić information content (AvgIpc) is 2.71. The summed E-state index contributed by atoms with van der Waals surface area (Å²) >= 11 is 0. The molecule has 3 heteroatoms. The monoisotopic (exact) mass is 188 g/mol. The molecule has 0 radical (unpaired) electrons. The number of nitrogens with zero attached hydrogens (tertiary/aromatic N) is 2. The van der Waals surface area contributed by atoms with Crippen LogP contribution in [-0.4, -0.2) is 16.9 Å². The summed E-state index contributed by atoms with van der Waals surface area (Å²) in [6, 6.07) is 9.91. The molecular formula is C11H12N2O. The van der Waals surface area contributed by atoms with Crippen molar-refractivity contribution < 1.29 is 4.74 Å². The largest absolute Gasteiger partial charge is 0.497 e. The van der Waals surface area contributed by atoms with Crippen molar-refractivity contribution in [2.75, 3.05) is 7.11 Å². The molecule has 2 rings (SSSR count). The first kappa shape index (κ1) is 8.81. The molecule has 0 atom stereocenters. The number of ether oxygens (including phenoxy) is 1. The Morgan fingerprint density at radius 2 is 2.29 bits per heavy atom. The molecule has 0 saturated carbocycles. The maximum Gasteiger partial charge on any atom is 0.119 e. The Morgan fingerprint density at radius 1 is 1.36 bits per heavy atom. The van der Waals surface area contributed by atoms with E-state index < -0.39 is 0 Å². The molecule has 1 aromatic carbocycles. The summed E-state index contributed by atoms with van der Waals surface area (Å²) in [6.07, 6.45) is 3.72. The van der Waals surface area contributed by atoms with E-state index in [0.29, 0.717) is 0 Å². The molecule has 0 N–H and O–H groups in total. The van der Waals surface area contributed by atoms with Gasteiger partial charge in [-0.05, 0) is 23.8 Å². The van der Waals surface area contributed by atoms with E-state index in [0.717, 1.165) is 12.3 Å². The first-order valence-electron chi connectivity index (χ1n) is 4.49. The van der Waals surface area contributed by atoms with Gasteiger partial charge in [0.25, 0.3) is 0 Å². The first-order valence-corrected chi connectivity index (χ1v) is 4.49. The predicted molar refractivity (Wildman–Crippen MR) is 54.3 cm³/mol. The summed E-state index contributed by atoms with van der Waals surface area (Å²) in [7, 11) is 1.67. The molecule has 14 heavy (non-hydrogen) atoms. The molecule has 0 fully saturated rings. The maximum atomic E-state index is 5.14. The summed E-state index contributed by atoms with van der Waals surface area (Å²) in [4.78, 5) is 0. The van der Waals surface area contributed by atoms with Crippen LogP contribution in [0.4, 0.5) is 0 Å². The van der Waals surface area contributed by atoms with Crippen LogP contribution in [0.1, 0.15) is 5.56 Å². The highest BCUT2D eigenvalue weighted by molar-refractivity contribution is 5.28. The quantitative estimate of drug-likeness (QED) is 0.736. The number of methoxy groups -OCH3 is 1. The van der Waals surface area contributed by atoms with Gasteiger partial charge < -0.3 is 4.74 Å². The van der Waals surface area contributed by atoms with Crippen LogP contribution < -0.4 is 4.74 Å². The molecule has 2 aromatic rings. The van der Waals surface area contributed by atoms with Crippen LogP contribution in [0.2, 0.25) is 0 Å². The van der Waals surface area contributed by atoms with Crippen LogP contribution in [0.3, 0.4) is 0 Å². The Kier molecular flexibility index (Phi) is 2.49. The zero-order valence-corrected chi connectivity index (χ0v) is 8.05. The Balaban J connectivity index is 2.17. The van der Waals surface area contributed by atoms with Crippen LogP contribution in [0.25, 0.3) is 0 Å². The van der Waals surface area contributed by atoms with Gasteiger partial charge in [0.05, 0.1) is 13.7 Å². The van der Waals surface area contributed by atoms with Gasteiger partial charge in [0, 0.05) is 12.4 Å². The molecule has 0 bridgehead atoms. The van der Waals surface area contributed by atoms with Crippen LogP contribution in [0.15, 0.2) is 42.7 Å². The van der Waals surface area contributed by atoms with Crippen LogP contribution in [-0.2, 0) is 6.54 Å². The van der Waals surface area contributed by atoms with Crippen molar-refractivity contribution in [3.8, 4) is 5.75 Å². The standard InChI is InChI=1S/C11H12N2O/c1-14-11-5-2-4-10(8-11)9-13-7-3-6-12-13/h2-8H,9H2,1H3. The highest BCUT2D eigenvalue weighted by atomic mass is 16.5. The van der Waals surface area contributed by atoms with Gasteiger partial charge in [0.15, 0.2) is 0 Å². The van der Waals surface area contributed by atoms with Crippen LogP contribution in [0.5, 0.6) is 5.75 Å². The van der Waals surface area contributed by atoms with Crippen LogP contribution in [0, 0.1) is 0 Å². The summed E-state index contributed by atoms with van der Waals surface area (Å²) in [5, 5.41) is 4.14. The smallest absolute Gasteiger partial charge is 0.119 e. The van der Waals surface area contributed by atoms with Gasteiger partial charge in [-0.1, -0.05) is 12.1 Å². The van der Waals surface area contributed by atoms with Gasteiger partial charge in [-0.2, -0.15) is 5.10 Å². The number of hydrogen-bond donors (Lipinski definition) is 0. The van der Waals surface area contributed by atoms with Gasteiger partial charge in [0.1, 0.15) is 5.75 Å². The van der Waals surface area contributed by atoms with E-state index in [1.807, 2.05) is 35.1 Å². The van der Waals surface area contributed by atoms with Gasteiger partial charge in [-0.25, -0.2) is 0 Å². The van der Waals surface area contributed by atoms with Crippen molar-refractivity contribution in [2.24, 2.45) is 0 Å². The summed E-state index contributed by atoms with van der Waals surface area (Å²) < 4.78 is 7.03. The van der Waals surface area contributed by atoms with Gasteiger partial charge in [0.2, 0.25) is 0 Å². The predicted octanol–water partition coefficient (Wildman–Crippen LogP) is 1.94. The lowest BCUT2D eigenvalue weighted by molar-refractivity contribution is 0.414. The minimum atomic E-state index is 0.782. The Hall–Kier alpha value is -1.77. The van der Waals surface area contributed by atoms with Gasteiger partial charge in [-0.3, -0.25) is 4.68 Å². The summed E-state index contributed by atoms with van der Waals surface area (Å²) in [5.41, 5.74) is 1.19. The highest BCUT2D eigenvalue weighted by Crippen LogP contribution is 2.12. The second-order valence-corrected chi connectivity index (χ2v) is 3.06. The second-order valence-electron chi connectivity index (χ2n) is 3.06. The minimum Gasteiger partial charge on any atom is -0.497 e. The van der Waals surface area contributed by atoms with Crippen LogP contribution >= 0.6 is 0 Å². The zero-order chi connectivity index (χ0) is 9.80. The van der Waals surface area contributed by atoms with Crippen molar-refractivity contribution in [1.29, 1.82) is 0 Å². The van der Waals surface area contributed by atoms with E-state index in [9.17, 15) is 0 Å². The first-order chi connectivity index (χ1) is 6.88. The second kappa shape index (κ2) is 3.96. The van der Waals surface area contributed by atoms with E-state index in [1.54, 1.807) is 13.3 Å². The van der Waals surface area contributed by atoms with Crippen molar-refractivity contribution in [3.63, 3.8) is 0 Å². The van der Waals surface area contributed by atoms with Gasteiger partial charge in [-0.15, -0.1) is 0 Å². The van der Waals surface area contributed by atoms with Crippen molar-refractivity contribution in [2.45, 2.75) is 6.54 Å².